The van der Waals surface area contributed by atoms with Gasteiger partial charge >= 0.3 is 5.97 Å². The molecule has 0 N–H and O–H groups in total. The molecule has 174 valence electrons. The lowest BCUT2D eigenvalue weighted by Gasteiger charge is -2.12. The van der Waals surface area contributed by atoms with Gasteiger partial charge < -0.3 is 14.0 Å². The minimum absolute atomic E-state index is 0.128. The number of esters is 1. The van der Waals surface area contributed by atoms with E-state index in [0.717, 1.165) is 27.9 Å². The van der Waals surface area contributed by atoms with Gasteiger partial charge in [-0.05, 0) is 33.8 Å². The number of rotatable bonds is 7. The van der Waals surface area contributed by atoms with E-state index in [2.05, 4.69) is 0 Å². The van der Waals surface area contributed by atoms with Crippen molar-refractivity contribution in [2.45, 2.75) is 33.8 Å². The summed E-state index contributed by atoms with van der Waals surface area (Å²) in [5, 5.41) is 0.726. The average Bonchev–Trinajstić information content (AvgIpc) is 3.08. The molecule has 0 bridgehead atoms. The van der Waals surface area contributed by atoms with Crippen LogP contribution in [0.15, 0.2) is 71.7 Å². The molecule has 2 aromatic heterocycles. The number of aryl methyl sites for hydroxylation is 2. The Labute approximate surface area is 199 Å². The number of ether oxygens (including phenoxy) is 2. The molecule has 0 saturated carbocycles. The van der Waals surface area contributed by atoms with E-state index in [1.165, 1.54) is 0 Å². The Morgan fingerprint density at radius 3 is 2.15 bits per heavy atom. The molecule has 6 heteroatoms. The summed E-state index contributed by atoms with van der Waals surface area (Å²) >= 11 is 0. The fraction of sp³-hybridized carbons (Fsp3) is 0.250. The molecule has 2 heterocycles. The van der Waals surface area contributed by atoms with Gasteiger partial charge in [0, 0.05) is 18.2 Å². The van der Waals surface area contributed by atoms with Crippen molar-refractivity contribution >= 4 is 28.4 Å². The number of benzene rings is 2. The summed E-state index contributed by atoms with van der Waals surface area (Å²) in [7, 11) is 1.80. The van der Waals surface area contributed by atoms with Crippen molar-refractivity contribution in [2.24, 2.45) is 12.0 Å². The summed E-state index contributed by atoms with van der Waals surface area (Å²) in [4.78, 5) is 22.7. The van der Waals surface area contributed by atoms with Crippen molar-refractivity contribution in [1.82, 2.24) is 9.55 Å². The predicted octanol–water partition coefficient (Wildman–Crippen LogP) is 6.01. The van der Waals surface area contributed by atoms with Gasteiger partial charge in [-0.3, -0.25) is 0 Å². The number of hydrogen-bond donors (Lipinski definition) is 0. The van der Waals surface area contributed by atoms with Crippen LogP contribution in [0.25, 0.3) is 11.0 Å². The zero-order valence-corrected chi connectivity index (χ0v) is 20.2. The first-order valence-corrected chi connectivity index (χ1v) is 11.4. The Hall–Kier alpha value is -3.93. The van der Waals surface area contributed by atoms with Crippen LogP contribution in [0, 0.1) is 6.92 Å². The van der Waals surface area contributed by atoms with Crippen LogP contribution >= 0.6 is 0 Å². The van der Waals surface area contributed by atoms with Gasteiger partial charge in [0.05, 0.1) is 35.2 Å². The summed E-state index contributed by atoms with van der Waals surface area (Å²) in [5.41, 5.74) is 5.33. The van der Waals surface area contributed by atoms with Crippen molar-refractivity contribution in [1.29, 1.82) is 0 Å². The van der Waals surface area contributed by atoms with E-state index in [0.29, 0.717) is 22.8 Å². The maximum Gasteiger partial charge on any atom is 0.358 e. The Morgan fingerprint density at radius 1 is 1.03 bits per heavy atom. The predicted molar refractivity (Wildman–Crippen MR) is 135 cm³/mol. The van der Waals surface area contributed by atoms with Crippen molar-refractivity contribution in [3.63, 3.8) is 0 Å². The Morgan fingerprint density at radius 2 is 1.62 bits per heavy atom. The summed E-state index contributed by atoms with van der Waals surface area (Å²) in [6, 6.07) is 22.1. The molecule has 0 atom stereocenters. The number of aromatic nitrogens is 2. The topological polar surface area (TPSA) is 65.7 Å². The largest absolute Gasteiger partial charge is 0.488 e. The van der Waals surface area contributed by atoms with Crippen molar-refractivity contribution in [3.8, 4) is 5.75 Å². The summed E-state index contributed by atoms with van der Waals surface area (Å²) < 4.78 is 13.1. The van der Waals surface area contributed by atoms with E-state index in [4.69, 9.17) is 19.5 Å². The Kier molecular flexibility index (Phi) is 6.77. The van der Waals surface area contributed by atoms with Crippen molar-refractivity contribution < 1.29 is 14.3 Å². The maximum atomic E-state index is 12.8. The van der Waals surface area contributed by atoms with Gasteiger partial charge in [-0.1, -0.05) is 60.7 Å². The monoisotopic (exact) mass is 455 g/mol. The third-order valence-electron chi connectivity index (χ3n) is 5.43. The smallest absolute Gasteiger partial charge is 0.358 e. The molecule has 0 aliphatic heterocycles. The van der Waals surface area contributed by atoms with E-state index < -0.39 is 5.97 Å². The molecule has 4 aromatic rings. The number of pyridine rings is 1. The van der Waals surface area contributed by atoms with E-state index in [-0.39, 0.29) is 12.7 Å². The number of nitrogens with zero attached hydrogens (tertiary/aromatic N) is 3. The zero-order valence-electron chi connectivity index (χ0n) is 20.2. The first-order valence-electron chi connectivity index (χ1n) is 11.4. The molecule has 0 spiro atoms. The molecular formula is C28H29N3O3. The van der Waals surface area contributed by atoms with Gasteiger partial charge in [-0.2, -0.15) is 0 Å². The highest BCUT2D eigenvalue weighted by atomic mass is 16.5. The molecule has 0 saturated heterocycles. The maximum absolute atomic E-state index is 12.8. The third kappa shape index (κ3) is 4.57. The Balaban J connectivity index is 1.96. The third-order valence-corrected chi connectivity index (χ3v) is 5.43. The van der Waals surface area contributed by atoms with Gasteiger partial charge in [0.25, 0.3) is 0 Å². The second kappa shape index (κ2) is 9.91. The highest BCUT2D eigenvalue weighted by Gasteiger charge is 2.26. The molecule has 6 nitrogen and oxygen atoms in total. The van der Waals surface area contributed by atoms with E-state index in [9.17, 15) is 4.79 Å². The van der Waals surface area contributed by atoms with Gasteiger partial charge in [0.15, 0.2) is 11.4 Å². The van der Waals surface area contributed by atoms with Crippen LogP contribution in [0.4, 0.5) is 5.69 Å². The van der Waals surface area contributed by atoms with Crippen LogP contribution in [-0.2, 0) is 11.8 Å². The summed E-state index contributed by atoms with van der Waals surface area (Å²) in [6.45, 7) is 7.84. The fourth-order valence-electron chi connectivity index (χ4n) is 3.90. The van der Waals surface area contributed by atoms with Gasteiger partial charge in [0.2, 0.25) is 0 Å². The minimum Gasteiger partial charge on any atom is -0.488 e. The van der Waals surface area contributed by atoms with Gasteiger partial charge in [-0.15, -0.1) is 0 Å². The number of carbonyl (C=O) groups is 1. The van der Waals surface area contributed by atoms with E-state index >= 15 is 0 Å². The van der Waals surface area contributed by atoms with Crippen LogP contribution < -0.4 is 4.74 Å². The fourth-order valence-corrected chi connectivity index (χ4v) is 3.90. The highest BCUT2D eigenvalue weighted by molar-refractivity contribution is 6.14. The molecule has 0 unspecified atom stereocenters. The van der Waals surface area contributed by atoms with E-state index in [1.807, 2.05) is 87.5 Å². The minimum atomic E-state index is -0.435. The SMILES string of the molecule is CCOC(=O)c1c(OC(C)C)c2cc(N=C(c3ccccc3)c3ccccc3)c(C)nc2n1C. The molecule has 0 radical (unpaired) electrons. The molecule has 0 amide bonds. The normalized spacial score (nSPS) is 11.0. The van der Waals surface area contributed by atoms with Gasteiger partial charge in [0.1, 0.15) is 5.65 Å². The van der Waals surface area contributed by atoms with Crippen LogP contribution in [0.1, 0.15) is 48.1 Å². The van der Waals surface area contributed by atoms with Crippen molar-refractivity contribution in [2.75, 3.05) is 6.61 Å². The second-order valence-corrected chi connectivity index (χ2v) is 8.28. The van der Waals surface area contributed by atoms with Gasteiger partial charge in [-0.25, -0.2) is 14.8 Å². The summed E-state index contributed by atoms with van der Waals surface area (Å²) in [6.07, 6.45) is -0.128. The standard InChI is InChI=1S/C28H29N3O3/c1-6-33-28(32)25-26(34-18(2)3)22-17-23(19(4)29-27(22)31(25)5)30-24(20-13-9-7-10-14-20)21-15-11-8-12-16-21/h7-18H,6H2,1-5H3. The lowest BCUT2D eigenvalue weighted by Crippen LogP contribution is -2.14. The molecule has 4 rings (SSSR count). The summed E-state index contributed by atoms with van der Waals surface area (Å²) in [5.74, 6) is 0.0338. The number of carbonyl (C=O) groups excluding carboxylic acids is 1. The number of fused-ring (bicyclic) bond motifs is 1. The highest BCUT2D eigenvalue weighted by Crippen LogP contribution is 2.36. The first kappa shape index (κ1) is 23.2. The lowest BCUT2D eigenvalue weighted by atomic mass is 10.0. The van der Waals surface area contributed by atoms with Crippen LogP contribution in [-0.4, -0.2) is 33.9 Å². The molecular weight excluding hydrogens is 426 g/mol. The molecule has 0 aliphatic carbocycles. The quantitative estimate of drug-likeness (QED) is 0.253. The van der Waals surface area contributed by atoms with Crippen LogP contribution in [0.2, 0.25) is 0 Å². The van der Waals surface area contributed by atoms with Crippen LogP contribution in [0.3, 0.4) is 0 Å². The molecule has 0 fully saturated rings. The first-order chi connectivity index (χ1) is 16.4. The second-order valence-electron chi connectivity index (χ2n) is 8.28. The lowest BCUT2D eigenvalue weighted by molar-refractivity contribution is 0.0509. The zero-order chi connectivity index (χ0) is 24.2. The molecule has 0 aliphatic rings. The van der Waals surface area contributed by atoms with E-state index in [1.54, 1.807) is 18.5 Å². The number of aliphatic imine (C=N–C) groups is 1. The average molecular weight is 456 g/mol. The van der Waals surface area contributed by atoms with Crippen LogP contribution in [0.5, 0.6) is 5.75 Å². The molecule has 2 aromatic carbocycles. The molecule has 34 heavy (non-hydrogen) atoms. The number of hydrogen-bond acceptors (Lipinski definition) is 5. The Bertz CT molecular complexity index is 1300. The van der Waals surface area contributed by atoms with Crippen molar-refractivity contribution in [3.05, 3.63) is 89.2 Å².